The predicted octanol–water partition coefficient (Wildman–Crippen LogP) is 2.72. The fourth-order valence-corrected chi connectivity index (χ4v) is 3.53. The minimum atomic E-state index is -1.43. The van der Waals surface area contributed by atoms with Crippen molar-refractivity contribution in [2.24, 2.45) is 0 Å². The lowest BCUT2D eigenvalue weighted by molar-refractivity contribution is 0.213. The van der Waals surface area contributed by atoms with Gasteiger partial charge in [0.2, 0.25) is 0 Å². The number of benzene rings is 1. The molecule has 18 heavy (non-hydrogen) atoms. The van der Waals surface area contributed by atoms with Crippen molar-refractivity contribution in [1.29, 1.82) is 0 Å². The van der Waals surface area contributed by atoms with Crippen molar-refractivity contribution < 1.29 is 13.6 Å². The summed E-state index contributed by atoms with van der Waals surface area (Å²) >= 11 is 0. The van der Waals surface area contributed by atoms with Crippen molar-refractivity contribution in [2.45, 2.75) is 32.7 Å². The van der Waals surface area contributed by atoms with Gasteiger partial charge in [0.1, 0.15) is 5.75 Å². The van der Waals surface area contributed by atoms with Gasteiger partial charge in [0.25, 0.3) is 0 Å². The van der Waals surface area contributed by atoms with E-state index in [9.17, 15) is 0 Å². The van der Waals surface area contributed by atoms with Gasteiger partial charge in [0.15, 0.2) is 0 Å². The maximum absolute atomic E-state index is 5.65. The van der Waals surface area contributed by atoms with Gasteiger partial charge in [-0.05, 0) is 44.4 Å². The third-order valence-electron chi connectivity index (χ3n) is 2.67. The van der Waals surface area contributed by atoms with Crippen LogP contribution in [-0.2, 0) is 15.3 Å². The Labute approximate surface area is 112 Å². The number of hydrogen-bond donors (Lipinski definition) is 0. The Morgan fingerprint density at radius 3 is 2.56 bits per heavy atom. The summed E-state index contributed by atoms with van der Waals surface area (Å²) < 4.78 is 16.5. The first kappa shape index (κ1) is 15.2. The average Bonchev–Trinajstić information content (AvgIpc) is 2.39. The van der Waals surface area contributed by atoms with Crippen molar-refractivity contribution in [3.05, 3.63) is 29.8 Å². The smallest absolute Gasteiger partial charge is 0.321 e. The van der Waals surface area contributed by atoms with E-state index in [1.54, 1.807) is 7.11 Å². The minimum absolute atomic E-state index is 0.755. The molecule has 0 unspecified atom stereocenters. The molecule has 0 amide bonds. The highest BCUT2D eigenvalue weighted by Crippen LogP contribution is 2.14. The summed E-state index contributed by atoms with van der Waals surface area (Å²) in [6.07, 6.45) is 2.14. The van der Waals surface area contributed by atoms with Crippen LogP contribution in [0.4, 0.5) is 0 Å². The maximum atomic E-state index is 5.65. The molecule has 101 valence electrons. The molecule has 0 bridgehead atoms. The first-order chi connectivity index (χ1) is 8.80. The van der Waals surface area contributed by atoms with Gasteiger partial charge in [-0.25, -0.2) is 0 Å². The highest BCUT2D eigenvalue weighted by atomic mass is 28.3. The highest BCUT2D eigenvalue weighted by Gasteiger charge is 2.11. The molecule has 0 spiro atoms. The summed E-state index contributed by atoms with van der Waals surface area (Å²) in [5.74, 6) is 0.802. The van der Waals surface area contributed by atoms with Crippen LogP contribution in [0, 0.1) is 6.07 Å². The molecule has 1 aromatic rings. The van der Waals surface area contributed by atoms with Crippen LogP contribution < -0.4 is 4.74 Å². The van der Waals surface area contributed by atoms with Crippen LogP contribution in [-0.4, -0.2) is 29.6 Å². The molecule has 0 N–H and O–H groups in total. The third kappa shape index (κ3) is 5.66. The van der Waals surface area contributed by atoms with Crippen LogP contribution in [0.3, 0.4) is 0 Å². The molecule has 0 fully saturated rings. The first-order valence-corrected chi connectivity index (χ1v) is 8.33. The second kappa shape index (κ2) is 9.14. The van der Waals surface area contributed by atoms with Gasteiger partial charge in [-0.1, -0.05) is 12.1 Å². The topological polar surface area (TPSA) is 27.7 Å². The summed E-state index contributed by atoms with van der Waals surface area (Å²) in [5.41, 5.74) is 1.28. The van der Waals surface area contributed by atoms with E-state index in [4.69, 9.17) is 13.6 Å². The Hall–Kier alpha value is -0.843. The zero-order chi connectivity index (χ0) is 13.2. The molecular formula is C14H23O3Si. The van der Waals surface area contributed by atoms with Crippen molar-refractivity contribution in [1.82, 2.24) is 0 Å². The monoisotopic (exact) mass is 267 g/mol. The van der Waals surface area contributed by atoms with Crippen molar-refractivity contribution >= 4 is 9.28 Å². The SMILES string of the molecule is CCO[SiH](CCCc1cc[c]c(OC)c1)OCC. The second-order valence-electron chi connectivity index (χ2n) is 4.00. The molecule has 1 radical (unpaired) electrons. The van der Waals surface area contributed by atoms with E-state index in [-0.39, 0.29) is 0 Å². The van der Waals surface area contributed by atoms with E-state index in [2.05, 4.69) is 12.1 Å². The Morgan fingerprint density at radius 2 is 1.94 bits per heavy atom. The lowest BCUT2D eigenvalue weighted by atomic mass is 10.1. The molecule has 0 aromatic heterocycles. The highest BCUT2D eigenvalue weighted by molar-refractivity contribution is 6.44. The van der Waals surface area contributed by atoms with Crippen LogP contribution in [0.15, 0.2) is 18.2 Å². The molecular weight excluding hydrogens is 244 g/mol. The fourth-order valence-electron chi connectivity index (χ4n) is 1.82. The van der Waals surface area contributed by atoms with Crippen LogP contribution in [0.25, 0.3) is 0 Å². The Kier molecular flexibility index (Phi) is 7.72. The molecule has 0 aliphatic heterocycles. The molecule has 0 atom stereocenters. The van der Waals surface area contributed by atoms with Crippen LogP contribution in [0.5, 0.6) is 5.75 Å². The summed E-state index contributed by atoms with van der Waals surface area (Å²) in [7, 11) is 0.236. The quantitative estimate of drug-likeness (QED) is 0.644. The van der Waals surface area contributed by atoms with Gasteiger partial charge >= 0.3 is 9.28 Å². The van der Waals surface area contributed by atoms with Gasteiger partial charge in [-0.2, -0.15) is 0 Å². The minimum Gasteiger partial charge on any atom is -0.496 e. The van der Waals surface area contributed by atoms with Crippen molar-refractivity contribution in [2.75, 3.05) is 20.3 Å². The van der Waals surface area contributed by atoms with E-state index in [0.717, 1.165) is 37.8 Å². The summed E-state index contributed by atoms with van der Waals surface area (Å²) in [6, 6.07) is 10.1. The Bertz CT molecular complexity index is 325. The number of hydrogen-bond acceptors (Lipinski definition) is 3. The molecule has 0 heterocycles. The van der Waals surface area contributed by atoms with E-state index < -0.39 is 9.28 Å². The number of rotatable bonds is 9. The zero-order valence-corrected chi connectivity index (χ0v) is 12.7. The van der Waals surface area contributed by atoms with Gasteiger partial charge in [0, 0.05) is 19.3 Å². The molecule has 1 rings (SSSR count). The van der Waals surface area contributed by atoms with Crippen LogP contribution >= 0.6 is 0 Å². The molecule has 0 saturated heterocycles. The largest absolute Gasteiger partial charge is 0.496 e. The number of ether oxygens (including phenoxy) is 1. The lowest BCUT2D eigenvalue weighted by Gasteiger charge is -2.14. The van der Waals surface area contributed by atoms with Crippen LogP contribution in [0.2, 0.25) is 6.04 Å². The standard InChI is InChI=1S/C14H23O3Si/c1-4-16-18(17-5-2)11-7-9-13-8-6-10-14(12-13)15-3/h6,8,12,18H,4-5,7,9,11H2,1-3H3. The van der Waals surface area contributed by atoms with Gasteiger partial charge < -0.3 is 13.6 Å². The molecule has 0 aliphatic rings. The van der Waals surface area contributed by atoms with Crippen molar-refractivity contribution in [3.8, 4) is 5.75 Å². The molecule has 4 heteroatoms. The average molecular weight is 267 g/mol. The first-order valence-electron chi connectivity index (χ1n) is 6.58. The van der Waals surface area contributed by atoms with Gasteiger partial charge in [-0.15, -0.1) is 0 Å². The number of methoxy groups -OCH3 is 1. The maximum Gasteiger partial charge on any atom is 0.321 e. The van der Waals surface area contributed by atoms with E-state index in [0.29, 0.717) is 0 Å². The summed E-state index contributed by atoms with van der Waals surface area (Å²) in [4.78, 5) is 0. The van der Waals surface area contributed by atoms with Crippen molar-refractivity contribution in [3.63, 3.8) is 0 Å². The van der Waals surface area contributed by atoms with Gasteiger partial charge in [-0.3, -0.25) is 0 Å². The van der Waals surface area contributed by atoms with E-state index in [1.165, 1.54) is 5.56 Å². The molecule has 1 aromatic carbocycles. The summed E-state index contributed by atoms with van der Waals surface area (Å²) in [5, 5.41) is 0. The third-order valence-corrected chi connectivity index (χ3v) is 4.96. The molecule has 0 saturated carbocycles. The predicted molar refractivity (Wildman–Crippen MR) is 75.4 cm³/mol. The number of aryl methyl sites for hydroxylation is 1. The van der Waals surface area contributed by atoms with E-state index >= 15 is 0 Å². The molecule has 0 aliphatic carbocycles. The van der Waals surface area contributed by atoms with Gasteiger partial charge in [0.05, 0.1) is 7.11 Å². The second-order valence-corrected chi connectivity index (χ2v) is 6.10. The summed E-state index contributed by atoms with van der Waals surface area (Å²) in [6.45, 7) is 5.56. The van der Waals surface area contributed by atoms with Crippen LogP contribution in [0.1, 0.15) is 25.8 Å². The Balaban J connectivity index is 2.34. The Morgan fingerprint density at radius 1 is 1.22 bits per heavy atom. The molecule has 3 nitrogen and oxygen atoms in total. The lowest BCUT2D eigenvalue weighted by Crippen LogP contribution is -2.22. The zero-order valence-electron chi connectivity index (χ0n) is 11.6. The fraction of sp³-hybridized carbons (Fsp3) is 0.571. The normalized spacial score (nSPS) is 10.9. The van der Waals surface area contributed by atoms with E-state index in [1.807, 2.05) is 26.0 Å².